The van der Waals surface area contributed by atoms with E-state index in [1.807, 2.05) is 0 Å². The van der Waals surface area contributed by atoms with Crippen LogP contribution in [0, 0.1) is 10.1 Å². The highest BCUT2D eigenvalue weighted by Gasteiger charge is 2.22. The van der Waals surface area contributed by atoms with E-state index in [9.17, 15) is 24.5 Å². The smallest absolute Gasteiger partial charge is 0.343 e. The van der Waals surface area contributed by atoms with Gasteiger partial charge < -0.3 is 29.0 Å². The van der Waals surface area contributed by atoms with Crippen LogP contribution in [0.15, 0.2) is 84.0 Å². The number of rotatable bonds is 12. The van der Waals surface area contributed by atoms with Crippen molar-refractivity contribution < 1.29 is 43.0 Å². The zero-order chi connectivity index (χ0) is 33.2. The van der Waals surface area contributed by atoms with Gasteiger partial charge >= 0.3 is 11.7 Å². The summed E-state index contributed by atoms with van der Waals surface area (Å²) in [4.78, 5) is 49.2. The summed E-state index contributed by atoms with van der Waals surface area (Å²) in [5, 5.41) is 18.3. The SMILES string of the molecule is COc1ccc(C(=O)Oc2c(/C=N/NC(=O)c3ccc(NC(=O)c4cc(OC)c(OC)c(OC)c4)cc3)cccc2[N+](=O)[O-])cc1. The minimum Gasteiger partial charge on any atom is -0.497 e. The van der Waals surface area contributed by atoms with Gasteiger partial charge in [-0.25, -0.2) is 10.2 Å². The Bertz CT molecular complexity index is 1760. The molecule has 0 aliphatic rings. The van der Waals surface area contributed by atoms with E-state index in [2.05, 4.69) is 15.8 Å². The normalized spacial score (nSPS) is 10.5. The predicted octanol–water partition coefficient (Wildman–Crippen LogP) is 4.86. The van der Waals surface area contributed by atoms with Crippen molar-refractivity contribution in [3.05, 3.63) is 111 Å². The maximum atomic E-state index is 12.9. The number of nitro benzene ring substituents is 1. The van der Waals surface area contributed by atoms with Gasteiger partial charge in [-0.2, -0.15) is 5.10 Å². The Labute approximate surface area is 262 Å². The molecule has 46 heavy (non-hydrogen) atoms. The van der Waals surface area contributed by atoms with E-state index < -0.39 is 28.4 Å². The lowest BCUT2D eigenvalue weighted by atomic mass is 10.1. The molecule has 0 radical (unpaired) electrons. The third-order valence-corrected chi connectivity index (χ3v) is 6.44. The number of nitrogens with zero attached hydrogens (tertiary/aromatic N) is 2. The van der Waals surface area contributed by atoms with E-state index in [-0.39, 0.29) is 28.0 Å². The molecule has 4 rings (SSSR count). The number of nitro groups is 1. The highest BCUT2D eigenvalue weighted by atomic mass is 16.6. The van der Waals surface area contributed by atoms with Crippen LogP contribution in [0.5, 0.6) is 28.7 Å². The molecule has 14 nitrogen and oxygen atoms in total. The molecule has 0 atom stereocenters. The maximum absolute atomic E-state index is 12.9. The van der Waals surface area contributed by atoms with Crippen molar-refractivity contribution in [1.82, 2.24) is 5.43 Å². The zero-order valence-electron chi connectivity index (χ0n) is 25.1. The van der Waals surface area contributed by atoms with Gasteiger partial charge in [-0.15, -0.1) is 0 Å². The van der Waals surface area contributed by atoms with Crippen molar-refractivity contribution in [1.29, 1.82) is 0 Å². The number of anilines is 1. The van der Waals surface area contributed by atoms with Crippen LogP contribution >= 0.6 is 0 Å². The zero-order valence-corrected chi connectivity index (χ0v) is 25.1. The molecule has 0 bridgehead atoms. The summed E-state index contributed by atoms with van der Waals surface area (Å²) in [5.74, 6) is -0.773. The van der Waals surface area contributed by atoms with E-state index >= 15 is 0 Å². The molecule has 14 heteroatoms. The second-order valence-corrected chi connectivity index (χ2v) is 9.22. The molecular weight excluding hydrogens is 600 g/mol. The summed E-state index contributed by atoms with van der Waals surface area (Å²) >= 11 is 0. The van der Waals surface area contributed by atoms with E-state index in [1.165, 1.54) is 95.2 Å². The van der Waals surface area contributed by atoms with Crippen molar-refractivity contribution in [2.75, 3.05) is 33.8 Å². The lowest BCUT2D eigenvalue weighted by molar-refractivity contribution is -0.385. The van der Waals surface area contributed by atoms with Crippen LogP contribution in [0.4, 0.5) is 11.4 Å². The van der Waals surface area contributed by atoms with Crippen molar-refractivity contribution >= 4 is 35.4 Å². The van der Waals surface area contributed by atoms with Gasteiger partial charge in [0.2, 0.25) is 11.5 Å². The van der Waals surface area contributed by atoms with Gasteiger partial charge in [-0.05, 0) is 66.7 Å². The molecular formula is C32H28N4O10. The molecule has 0 fully saturated rings. The van der Waals surface area contributed by atoms with Gasteiger partial charge in [0, 0.05) is 28.4 Å². The number of hydrogen-bond donors (Lipinski definition) is 2. The Morgan fingerprint density at radius 1 is 0.739 bits per heavy atom. The number of hydrogen-bond acceptors (Lipinski definition) is 11. The molecule has 4 aromatic rings. The van der Waals surface area contributed by atoms with E-state index in [1.54, 1.807) is 12.1 Å². The molecule has 2 N–H and O–H groups in total. The number of carbonyl (C=O) groups is 3. The van der Waals surface area contributed by atoms with Gasteiger partial charge in [0.15, 0.2) is 11.5 Å². The Morgan fingerprint density at radius 3 is 1.93 bits per heavy atom. The standard InChI is InChI=1S/C32H28N4O10/c1-42-24-14-10-20(11-15-24)32(39)46-28-21(6-5-7-25(28)36(40)41)18-33-35-31(38)19-8-12-23(13-9-19)34-30(37)22-16-26(43-2)29(45-4)27(17-22)44-3/h5-18H,1-4H3,(H,34,37)(H,35,38)/b33-18+. The third kappa shape index (κ3) is 7.55. The Kier molecular flexibility index (Phi) is 10.5. The minimum atomic E-state index is -0.840. The molecule has 0 aliphatic heterocycles. The van der Waals surface area contributed by atoms with Gasteiger partial charge in [0.1, 0.15) is 5.75 Å². The van der Waals surface area contributed by atoms with Crippen LogP contribution in [0.1, 0.15) is 36.6 Å². The first-order valence-electron chi connectivity index (χ1n) is 13.4. The molecule has 0 aromatic heterocycles. The van der Waals surface area contributed by atoms with Gasteiger partial charge in [-0.3, -0.25) is 19.7 Å². The lowest BCUT2D eigenvalue weighted by Crippen LogP contribution is -2.18. The molecule has 0 saturated heterocycles. The number of nitrogens with one attached hydrogen (secondary N) is 2. The number of methoxy groups -OCH3 is 4. The monoisotopic (exact) mass is 628 g/mol. The number of esters is 1. The van der Waals surface area contributed by atoms with Crippen molar-refractivity contribution in [2.45, 2.75) is 0 Å². The number of ether oxygens (including phenoxy) is 5. The summed E-state index contributed by atoms with van der Waals surface area (Å²) in [6.07, 6.45) is 1.12. The number of para-hydroxylation sites is 1. The average Bonchev–Trinajstić information content (AvgIpc) is 3.08. The first-order chi connectivity index (χ1) is 22.2. The minimum absolute atomic E-state index is 0.0706. The van der Waals surface area contributed by atoms with E-state index in [0.717, 1.165) is 6.21 Å². The van der Waals surface area contributed by atoms with Crippen LogP contribution in [-0.2, 0) is 0 Å². The maximum Gasteiger partial charge on any atom is 0.343 e. The summed E-state index contributed by atoms with van der Waals surface area (Å²) in [6, 6.07) is 19.0. The molecule has 0 saturated carbocycles. The first-order valence-corrected chi connectivity index (χ1v) is 13.4. The van der Waals surface area contributed by atoms with Crippen LogP contribution in [0.3, 0.4) is 0 Å². The topological polar surface area (TPSA) is 177 Å². The van der Waals surface area contributed by atoms with E-state index in [0.29, 0.717) is 28.7 Å². The van der Waals surface area contributed by atoms with Crippen LogP contribution < -0.4 is 34.4 Å². The second-order valence-electron chi connectivity index (χ2n) is 9.22. The third-order valence-electron chi connectivity index (χ3n) is 6.44. The van der Waals surface area contributed by atoms with E-state index in [4.69, 9.17) is 23.7 Å². The Morgan fingerprint density at radius 2 is 1.37 bits per heavy atom. The Hall–Kier alpha value is -6.44. The average molecular weight is 629 g/mol. The predicted molar refractivity (Wildman–Crippen MR) is 167 cm³/mol. The summed E-state index contributed by atoms with van der Waals surface area (Å²) in [6.45, 7) is 0. The number of hydrazone groups is 1. The number of benzene rings is 4. The second kappa shape index (κ2) is 14.8. The molecule has 236 valence electrons. The lowest BCUT2D eigenvalue weighted by Gasteiger charge is -2.14. The number of carbonyl (C=O) groups excluding carboxylic acids is 3. The summed E-state index contributed by atoms with van der Waals surface area (Å²) in [7, 11) is 5.80. The molecule has 0 aliphatic carbocycles. The quantitative estimate of drug-likeness (QED) is 0.0724. The van der Waals surface area contributed by atoms with Crippen molar-refractivity contribution in [2.24, 2.45) is 5.10 Å². The fourth-order valence-electron chi connectivity index (χ4n) is 4.12. The Balaban J connectivity index is 1.44. The van der Waals surface area contributed by atoms with Crippen LogP contribution in [-0.4, -0.2) is 57.4 Å². The van der Waals surface area contributed by atoms with Gasteiger partial charge in [-0.1, -0.05) is 6.07 Å². The summed E-state index contributed by atoms with van der Waals surface area (Å²) < 4.78 is 26.3. The molecule has 2 amide bonds. The fourth-order valence-corrected chi connectivity index (χ4v) is 4.12. The fraction of sp³-hybridized carbons (Fsp3) is 0.125. The highest BCUT2D eigenvalue weighted by Crippen LogP contribution is 2.38. The number of amides is 2. The van der Waals surface area contributed by atoms with Gasteiger partial charge in [0.05, 0.1) is 45.1 Å². The summed E-state index contributed by atoms with van der Waals surface area (Å²) in [5.41, 5.74) is 2.91. The molecule has 0 unspecified atom stereocenters. The molecule has 0 heterocycles. The van der Waals surface area contributed by atoms with Crippen LogP contribution in [0.25, 0.3) is 0 Å². The first kappa shape index (κ1) is 32.5. The highest BCUT2D eigenvalue weighted by molar-refractivity contribution is 6.05. The van der Waals surface area contributed by atoms with Gasteiger partial charge in [0.25, 0.3) is 11.8 Å². The van der Waals surface area contributed by atoms with Crippen LogP contribution in [0.2, 0.25) is 0 Å². The molecule has 4 aromatic carbocycles. The van der Waals surface area contributed by atoms with Crippen molar-refractivity contribution in [3.8, 4) is 28.7 Å². The van der Waals surface area contributed by atoms with Crippen molar-refractivity contribution in [3.63, 3.8) is 0 Å². The molecule has 0 spiro atoms. The largest absolute Gasteiger partial charge is 0.497 e.